The molecule has 0 amide bonds. The summed E-state index contributed by atoms with van der Waals surface area (Å²) in [5.74, 6) is -3.74. The fraction of sp³-hybridized carbons (Fsp3) is 0.481. The van der Waals surface area contributed by atoms with Crippen LogP contribution in [0.3, 0.4) is 0 Å². The third kappa shape index (κ3) is 7.98. The molecule has 0 saturated heterocycles. The highest BCUT2D eigenvalue weighted by Gasteiger charge is 2.35. The molecule has 0 unspecified atom stereocenters. The number of benzene rings is 2. The summed E-state index contributed by atoms with van der Waals surface area (Å²) in [6.45, 7) is 1.40. The van der Waals surface area contributed by atoms with Crippen molar-refractivity contribution < 1.29 is 40.2 Å². The molecule has 0 radical (unpaired) electrons. The van der Waals surface area contributed by atoms with E-state index in [2.05, 4.69) is 21.6 Å². The summed E-state index contributed by atoms with van der Waals surface area (Å²) in [4.78, 5) is 0. The van der Waals surface area contributed by atoms with Gasteiger partial charge in [-0.2, -0.15) is 8.78 Å². The molecule has 0 bridgehead atoms. The molecular formula is C27H29F7O2. The van der Waals surface area contributed by atoms with Crippen LogP contribution in [0.1, 0.15) is 68.1 Å². The van der Waals surface area contributed by atoms with Gasteiger partial charge in [0.05, 0.1) is 12.2 Å². The highest BCUT2D eigenvalue weighted by atomic mass is 19.4. The minimum Gasteiger partial charge on any atom is -0.399 e. The van der Waals surface area contributed by atoms with Crippen LogP contribution < -0.4 is 4.74 Å². The summed E-state index contributed by atoms with van der Waals surface area (Å²) in [7, 11) is 0. The van der Waals surface area contributed by atoms with Crippen molar-refractivity contribution >= 4 is 0 Å². The molecule has 1 aliphatic carbocycles. The fourth-order valence-corrected chi connectivity index (χ4v) is 4.58. The van der Waals surface area contributed by atoms with Gasteiger partial charge < -0.3 is 9.47 Å². The molecule has 2 nitrogen and oxygen atoms in total. The maximum Gasteiger partial charge on any atom is 0.573 e. The van der Waals surface area contributed by atoms with Gasteiger partial charge in [-0.15, -0.1) is 13.2 Å². The molecule has 3 rings (SSSR count). The lowest BCUT2D eigenvalue weighted by molar-refractivity contribution is -0.276. The van der Waals surface area contributed by atoms with E-state index in [0.29, 0.717) is 24.0 Å². The van der Waals surface area contributed by atoms with Crippen LogP contribution in [0.2, 0.25) is 0 Å². The third-order valence-corrected chi connectivity index (χ3v) is 6.49. The lowest BCUT2D eigenvalue weighted by Crippen LogP contribution is -2.20. The van der Waals surface area contributed by atoms with E-state index in [1.165, 1.54) is 18.6 Å². The Bertz CT molecular complexity index is 985. The molecule has 1 aliphatic rings. The van der Waals surface area contributed by atoms with Gasteiger partial charge in [0.1, 0.15) is 0 Å². The predicted molar refractivity (Wildman–Crippen MR) is 122 cm³/mol. The molecule has 2 aromatic rings. The zero-order valence-corrected chi connectivity index (χ0v) is 19.9. The lowest BCUT2D eigenvalue weighted by Gasteiger charge is -2.29. The van der Waals surface area contributed by atoms with E-state index in [-0.39, 0.29) is 17.5 Å². The molecule has 0 heterocycles. The van der Waals surface area contributed by atoms with Gasteiger partial charge in [0, 0.05) is 0 Å². The van der Waals surface area contributed by atoms with Gasteiger partial charge >= 0.3 is 12.5 Å². The molecule has 36 heavy (non-hydrogen) atoms. The molecule has 0 spiro atoms. The molecule has 1 saturated carbocycles. The summed E-state index contributed by atoms with van der Waals surface area (Å²) in [5.41, 5.74) is 0.512. The van der Waals surface area contributed by atoms with E-state index in [9.17, 15) is 30.7 Å². The lowest BCUT2D eigenvalue weighted by atomic mass is 9.77. The third-order valence-electron chi connectivity index (χ3n) is 6.49. The van der Waals surface area contributed by atoms with E-state index >= 15 is 0 Å². The smallest absolute Gasteiger partial charge is 0.399 e. The number of alkyl halides is 5. The number of halogens is 7. The summed E-state index contributed by atoms with van der Waals surface area (Å²) in [6, 6.07) is 7.18. The fourth-order valence-electron chi connectivity index (χ4n) is 4.58. The maximum atomic E-state index is 14.5. The summed E-state index contributed by atoms with van der Waals surface area (Å²) < 4.78 is 101. The van der Waals surface area contributed by atoms with E-state index in [1.54, 1.807) is 12.1 Å². The van der Waals surface area contributed by atoms with E-state index in [1.807, 2.05) is 6.92 Å². The molecule has 0 N–H and O–H groups in total. The van der Waals surface area contributed by atoms with Crippen LogP contribution in [0.25, 0.3) is 0 Å². The van der Waals surface area contributed by atoms with E-state index in [4.69, 9.17) is 0 Å². The maximum absolute atomic E-state index is 14.5. The van der Waals surface area contributed by atoms with Gasteiger partial charge in [-0.1, -0.05) is 36.4 Å². The average molecular weight is 519 g/mol. The van der Waals surface area contributed by atoms with Crippen molar-refractivity contribution in [3.8, 4) is 5.75 Å². The number of rotatable bonds is 10. The Morgan fingerprint density at radius 1 is 0.917 bits per heavy atom. The van der Waals surface area contributed by atoms with Crippen LogP contribution >= 0.6 is 0 Å². The molecule has 0 aromatic heterocycles. The number of allylic oxidation sites excluding steroid dienone is 2. The van der Waals surface area contributed by atoms with Crippen molar-refractivity contribution in [2.75, 3.05) is 6.61 Å². The number of ether oxygens (including phenoxy) is 2. The van der Waals surface area contributed by atoms with Crippen LogP contribution in [0.4, 0.5) is 30.7 Å². The van der Waals surface area contributed by atoms with Crippen molar-refractivity contribution in [3.05, 3.63) is 76.9 Å². The normalized spacial score (nSPS) is 19.1. The predicted octanol–water partition coefficient (Wildman–Crippen LogP) is 8.80. The van der Waals surface area contributed by atoms with Crippen LogP contribution in [-0.2, 0) is 17.3 Å². The first-order valence-corrected chi connectivity index (χ1v) is 12.0. The molecule has 9 heteroatoms. The second kappa shape index (κ2) is 12.1. The Balaban J connectivity index is 1.52. The van der Waals surface area contributed by atoms with E-state index in [0.717, 1.165) is 37.7 Å². The minimum atomic E-state index is -5.27. The average Bonchev–Trinajstić information content (AvgIpc) is 2.81. The van der Waals surface area contributed by atoms with Gasteiger partial charge in [0.25, 0.3) is 0 Å². The monoisotopic (exact) mass is 518 g/mol. The minimum absolute atomic E-state index is 0.146. The van der Waals surface area contributed by atoms with Gasteiger partial charge in [-0.25, -0.2) is 8.78 Å². The molecule has 0 aliphatic heterocycles. The zero-order chi connectivity index (χ0) is 26.3. The zero-order valence-electron chi connectivity index (χ0n) is 19.9. The Labute approximate surface area is 206 Å². The first kappa shape index (κ1) is 28.0. The standard InChI is InChI=1S/C27H29F7O2/c1-2-3-4-5-18-6-8-20(9-7-18)21-10-12-22(13-11-21)26(30,31)35-15-14-19-16-23(28)25(24(29)17-19)36-27(32,33)34/h2-3,10-13,16-18,20H,4-9,14-15H2,1H3/b3-2+/t18-,20-. The second-order valence-electron chi connectivity index (χ2n) is 9.04. The van der Waals surface area contributed by atoms with Gasteiger partial charge in [-0.05, 0) is 87.0 Å². The Morgan fingerprint density at radius 3 is 2.08 bits per heavy atom. The highest BCUT2D eigenvalue weighted by molar-refractivity contribution is 5.32. The second-order valence-corrected chi connectivity index (χ2v) is 9.04. The Morgan fingerprint density at radius 2 is 1.53 bits per heavy atom. The summed E-state index contributed by atoms with van der Waals surface area (Å²) >= 11 is 0. The van der Waals surface area contributed by atoms with E-state index < -0.39 is 36.5 Å². The Kier molecular flexibility index (Phi) is 9.44. The largest absolute Gasteiger partial charge is 0.573 e. The first-order valence-electron chi connectivity index (χ1n) is 12.0. The highest BCUT2D eigenvalue weighted by Crippen LogP contribution is 2.39. The van der Waals surface area contributed by atoms with Crippen LogP contribution in [0.15, 0.2) is 48.6 Å². The van der Waals surface area contributed by atoms with Crippen molar-refractivity contribution in [2.24, 2.45) is 5.92 Å². The molecular weight excluding hydrogens is 489 g/mol. The molecule has 1 fully saturated rings. The molecule has 0 atom stereocenters. The SMILES string of the molecule is C/C=C/CC[C@H]1CC[C@H](c2ccc(C(F)(F)OCCc3cc(F)c(OC(F)(F)F)c(F)c3)cc2)CC1. The quantitative estimate of drug-likeness (QED) is 0.231. The topological polar surface area (TPSA) is 18.5 Å². The van der Waals surface area contributed by atoms with Gasteiger partial charge in [0.2, 0.25) is 5.75 Å². The number of hydrogen-bond acceptors (Lipinski definition) is 2. The van der Waals surface area contributed by atoms with Crippen molar-refractivity contribution in [1.82, 2.24) is 0 Å². The van der Waals surface area contributed by atoms with Crippen LogP contribution in [-0.4, -0.2) is 13.0 Å². The van der Waals surface area contributed by atoms with Crippen molar-refractivity contribution in [1.29, 1.82) is 0 Å². The van der Waals surface area contributed by atoms with Crippen LogP contribution in [0.5, 0.6) is 5.75 Å². The summed E-state index contributed by atoms with van der Waals surface area (Å²) in [6.07, 6.45) is 1.51. The molecule has 198 valence electrons. The van der Waals surface area contributed by atoms with Gasteiger partial charge in [0.15, 0.2) is 11.6 Å². The van der Waals surface area contributed by atoms with Crippen LogP contribution in [0, 0.1) is 17.6 Å². The molecule has 2 aromatic carbocycles. The first-order chi connectivity index (χ1) is 17.0. The Hall–Kier alpha value is -2.55. The summed E-state index contributed by atoms with van der Waals surface area (Å²) in [5, 5.41) is 0. The van der Waals surface area contributed by atoms with Gasteiger partial charge in [-0.3, -0.25) is 0 Å². The van der Waals surface area contributed by atoms with Crippen molar-refractivity contribution in [3.63, 3.8) is 0 Å². The van der Waals surface area contributed by atoms with Crippen molar-refractivity contribution in [2.45, 2.75) is 70.3 Å². The number of hydrogen-bond donors (Lipinski definition) is 0.